The molecule has 0 saturated heterocycles. The van der Waals surface area contributed by atoms with E-state index in [0.29, 0.717) is 5.95 Å². The Kier molecular flexibility index (Phi) is 5.30. The largest absolute Gasteiger partial charge is 0.390 e. The van der Waals surface area contributed by atoms with Crippen LogP contribution >= 0.6 is 11.3 Å². The highest BCUT2D eigenvalue weighted by Gasteiger charge is 2.35. The average molecular weight is 439 g/mol. The standard InChI is InChI=1S/C23H30N6OS/c1-13-19(21-28-17-12-24-9-8-18(17)31-21)20(29-22(26-13)25-11-14-4-5-14)27-16-7-6-15(10-16)23(2,3)30/h8-9,12,14-16,30H,4-7,10-11H2,1-3H3,(H2,25,26,27,29). The van der Waals surface area contributed by atoms with Crippen molar-refractivity contribution < 1.29 is 5.11 Å². The smallest absolute Gasteiger partial charge is 0.224 e. The molecule has 0 amide bonds. The summed E-state index contributed by atoms with van der Waals surface area (Å²) in [5.74, 6) is 2.55. The van der Waals surface area contributed by atoms with Crippen molar-refractivity contribution in [2.24, 2.45) is 11.8 Å². The first kappa shape index (κ1) is 20.6. The van der Waals surface area contributed by atoms with Gasteiger partial charge in [0.15, 0.2) is 0 Å². The van der Waals surface area contributed by atoms with Crippen LogP contribution in [-0.2, 0) is 0 Å². The molecular formula is C23H30N6OS. The number of fused-ring (bicyclic) bond motifs is 1. The Morgan fingerprint density at radius 2 is 2.00 bits per heavy atom. The molecular weight excluding hydrogens is 408 g/mol. The van der Waals surface area contributed by atoms with E-state index < -0.39 is 5.60 Å². The lowest BCUT2D eigenvalue weighted by atomic mass is 9.89. The summed E-state index contributed by atoms with van der Waals surface area (Å²) in [6.45, 7) is 6.78. The molecule has 2 fully saturated rings. The van der Waals surface area contributed by atoms with Crippen LogP contribution in [0.4, 0.5) is 11.8 Å². The zero-order chi connectivity index (χ0) is 21.6. The van der Waals surface area contributed by atoms with Crippen LogP contribution in [0.15, 0.2) is 18.5 Å². The third kappa shape index (κ3) is 4.50. The molecule has 0 aromatic carbocycles. The van der Waals surface area contributed by atoms with Crippen molar-refractivity contribution in [1.29, 1.82) is 0 Å². The normalized spacial score (nSPS) is 21.5. The molecule has 2 unspecified atom stereocenters. The molecule has 2 saturated carbocycles. The molecule has 3 aromatic heterocycles. The molecule has 5 rings (SSSR count). The maximum absolute atomic E-state index is 10.5. The SMILES string of the molecule is Cc1nc(NCC2CC2)nc(NC2CCC(C(C)(C)O)C2)c1-c1nc2cnccc2s1. The van der Waals surface area contributed by atoms with Gasteiger partial charge in [-0.3, -0.25) is 4.98 Å². The number of hydrogen-bond donors (Lipinski definition) is 3. The number of pyridine rings is 1. The van der Waals surface area contributed by atoms with Crippen LogP contribution in [0.3, 0.4) is 0 Å². The Hall–Kier alpha value is -2.32. The average Bonchev–Trinajstić information content (AvgIpc) is 3.24. The summed E-state index contributed by atoms with van der Waals surface area (Å²) in [5, 5.41) is 18.5. The molecule has 3 heterocycles. The minimum atomic E-state index is -0.655. The molecule has 31 heavy (non-hydrogen) atoms. The number of rotatable bonds is 7. The number of aromatic nitrogens is 4. The van der Waals surface area contributed by atoms with Crippen LogP contribution in [0.5, 0.6) is 0 Å². The van der Waals surface area contributed by atoms with E-state index in [1.165, 1.54) is 12.8 Å². The number of aryl methyl sites for hydroxylation is 1. The Morgan fingerprint density at radius 1 is 1.16 bits per heavy atom. The fourth-order valence-corrected chi connectivity index (χ4v) is 5.44. The number of aliphatic hydroxyl groups is 1. The molecule has 2 aliphatic rings. The zero-order valence-corrected chi connectivity index (χ0v) is 19.2. The second-order valence-electron chi connectivity index (χ2n) is 9.55. The third-order valence-electron chi connectivity index (χ3n) is 6.51. The summed E-state index contributed by atoms with van der Waals surface area (Å²) in [6.07, 6.45) is 9.14. The molecule has 164 valence electrons. The predicted octanol–water partition coefficient (Wildman–Crippen LogP) is 4.63. The van der Waals surface area contributed by atoms with Crippen molar-refractivity contribution in [2.75, 3.05) is 17.2 Å². The lowest BCUT2D eigenvalue weighted by Crippen LogP contribution is -2.30. The van der Waals surface area contributed by atoms with Gasteiger partial charge in [0.1, 0.15) is 16.3 Å². The number of hydrogen-bond acceptors (Lipinski definition) is 8. The van der Waals surface area contributed by atoms with Crippen LogP contribution in [0, 0.1) is 18.8 Å². The highest BCUT2D eigenvalue weighted by atomic mass is 32.1. The van der Waals surface area contributed by atoms with Crippen molar-refractivity contribution in [3.8, 4) is 10.6 Å². The third-order valence-corrected chi connectivity index (χ3v) is 7.57. The van der Waals surface area contributed by atoms with E-state index in [-0.39, 0.29) is 12.0 Å². The van der Waals surface area contributed by atoms with Gasteiger partial charge >= 0.3 is 0 Å². The van der Waals surface area contributed by atoms with Crippen molar-refractivity contribution in [2.45, 2.75) is 64.5 Å². The lowest BCUT2D eigenvalue weighted by molar-refractivity contribution is 0.0197. The van der Waals surface area contributed by atoms with Gasteiger partial charge in [-0.1, -0.05) is 0 Å². The topological polar surface area (TPSA) is 95.9 Å². The molecule has 0 spiro atoms. The molecule has 2 atom stereocenters. The van der Waals surface area contributed by atoms with E-state index in [9.17, 15) is 5.11 Å². The van der Waals surface area contributed by atoms with Crippen molar-refractivity contribution >= 4 is 33.3 Å². The second kappa shape index (κ2) is 7.98. The van der Waals surface area contributed by atoms with Crippen LogP contribution in [0.25, 0.3) is 20.8 Å². The molecule has 0 radical (unpaired) electrons. The summed E-state index contributed by atoms with van der Waals surface area (Å²) >= 11 is 1.64. The first-order chi connectivity index (χ1) is 14.9. The van der Waals surface area contributed by atoms with Gasteiger partial charge in [0, 0.05) is 18.8 Å². The van der Waals surface area contributed by atoms with Gasteiger partial charge < -0.3 is 15.7 Å². The Labute approximate surface area is 186 Å². The van der Waals surface area contributed by atoms with Crippen LogP contribution in [-0.4, -0.2) is 43.2 Å². The highest BCUT2D eigenvalue weighted by Crippen LogP contribution is 2.39. The van der Waals surface area contributed by atoms with Gasteiger partial charge in [-0.15, -0.1) is 11.3 Å². The highest BCUT2D eigenvalue weighted by molar-refractivity contribution is 7.21. The van der Waals surface area contributed by atoms with E-state index in [0.717, 1.165) is 64.0 Å². The van der Waals surface area contributed by atoms with Crippen LogP contribution < -0.4 is 10.6 Å². The summed E-state index contributed by atoms with van der Waals surface area (Å²) in [6, 6.07) is 2.27. The maximum atomic E-state index is 10.5. The minimum absolute atomic E-state index is 0.275. The van der Waals surface area contributed by atoms with Gasteiger partial charge in [-0.05, 0) is 70.8 Å². The van der Waals surface area contributed by atoms with E-state index in [4.69, 9.17) is 15.0 Å². The first-order valence-electron chi connectivity index (χ1n) is 11.2. The Bertz CT molecular complexity index is 1050. The van der Waals surface area contributed by atoms with E-state index in [2.05, 4.69) is 15.6 Å². The number of nitrogens with one attached hydrogen (secondary N) is 2. The summed E-state index contributed by atoms with van der Waals surface area (Å²) < 4.78 is 1.11. The molecule has 3 N–H and O–H groups in total. The van der Waals surface area contributed by atoms with Crippen LogP contribution in [0.1, 0.15) is 51.6 Å². The second-order valence-corrected chi connectivity index (χ2v) is 10.6. The van der Waals surface area contributed by atoms with Crippen LogP contribution in [0.2, 0.25) is 0 Å². The maximum Gasteiger partial charge on any atom is 0.224 e. The lowest BCUT2D eigenvalue weighted by Gasteiger charge is -2.25. The van der Waals surface area contributed by atoms with Crippen molar-refractivity contribution in [3.05, 3.63) is 24.2 Å². The quantitative estimate of drug-likeness (QED) is 0.495. The Morgan fingerprint density at radius 3 is 2.71 bits per heavy atom. The minimum Gasteiger partial charge on any atom is -0.390 e. The Balaban J connectivity index is 1.48. The molecule has 0 aliphatic heterocycles. The number of thiazole rings is 1. The molecule has 2 aliphatic carbocycles. The molecule has 8 heteroatoms. The predicted molar refractivity (Wildman–Crippen MR) is 125 cm³/mol. The first-order valence-corrected chi connectivity index (χ1v) is 12.0. The fraction of sp³-hybridized carbons (Fsp3) is 0.565. The van der Waals surface area contributed by atoms with E-state index in [1.54, 1.807) is 23.7 Å². The van der Waals surface area contributed by atoms with Gasteiger partial charge in [0.05, 0.1) is 27.8 Å². The zero-order valence-electron chi connectivity index (χ0n) is 18.4. The molecule has 7 nitrogen and oxygen atoms in total. The van der Waals surface area contributed by atoms with Gasteiger partial charge in [0.25, 0.3) is 0 Å². The van der Waals surface area contributed by atoms with Gasteiger partial charge in [-0.25, -0.2) is 9.97 Å². The van der Waals surface area contributed by atoms with Crippen molar-refractivity contribution in [1.82, 2.24) is 19.9 Å². The summed E-state index contributed by atoms with van der Waals surface area (Å²) in [5.41, 5.74) is 2.12. The van der Waals surface area contributed by atoms with E-state index >= 15 is 0 Å². The fourth-order valence-electron chi connectivity index (χ4n) is 4.40. The molecule has 0 bridgehead atoms. The summed E-state index contributed by atoms with van der Waals surface area (Å²) in [7, 11) is 0. The van der Waals surface area contributed by atoms with Gasteiger partial charge in [-0.2, -0.15) is 4.98 Å². The number of anilines is 2. The summed E-state index contributed by atoms with van der Waals surface area (Å²) in [4.78, 5) is 18.7. The van der Waals surface area contributed by atoms with Gasteiger partial charge in [0.2, 0.25) is 5.95 Å². The monoisotopic (exact) mass is 438 g/mol. The molecule has 3 aromatic rings. The van der Waals surface area contributed by atoms with Crippen molar-refractivity contribution in [3.63, 3.8) is 0 Å². The van der Waals surface area contributed by atoms with E-state index in [1.807, 2.05) is 26.8 Å². The number of nitrogens with zero attached hydrogens (tertiary/aromatic N) is 4.